The minimum absolute atomic E-state index is 0.0623. The highest BCUT2D eigenvalue weighted by atomic mass is 16.5. The monoisotopic (exact) mass is 383 g/mol. The Kier molecular flexibility index (Phi) is 5.78. The summed E-state index contributed by atoms with van der Waals surface area (Å²) in [4.78, 5) is 19.4. The Morgan fingerprint density at radius 3 is 2.79 bits per heavy atom. The topological polar surface area (TPSA) is 72.3 Å². The predicted octanol–water partition coefficient (Wildman–Crippen LogP) is 2.93. The molecule has 4 rings (SSSR count). The second-order valence-corrected chi connectivity index (χ2v) is 7.83. The van der Waals surface area contributed by atoms with Crippen molar-refractivity contribution in [3.63, 3.8) is 0 Å². The van der Waals surface area contributed by atoms with Crippen LogP contribution in [0.25, 0.3) is 0 Å². The van der Waals surface area contributed by atoms with Crippen molar-refractivity contribution < 1.29 is 9.53 Å². The van der Waals surface area contributed by atoms with Crippen LogP contribution in [0.2, 0.25) is 0 Å². The van der Waals surface area contributed by atoms with E-state index in [2.05, 4.69) is 20.3 Å². The molecule has 3 heterocycles. The number of hydrogen-bond acceptors (Lipinski definition) is 5. The van der Waals surface area contributed by atoms with Gasteiger partial charge in [-0.3, -0.25) is 9.48 Å². The zero-order valence-corrected chi connectivity index (χ0v) is 16.5. The van der Waals surface area contributed by atoms with Gasteiger partial charge in [-0.15, -0.1) is 0 Å². The van der Waals surface area contributed by atoms with Gasteiger partial charge in [0.05, 0.1) is 6.20 Å². The summed E-state index contributed by atoms with van der Waals surface area (Å²) in [6.45, 7) is 1.78. The molecule has 2 fully saturated rings. The number of hydrogen-bond donors (Lipinski definition) is 1. The third kappa shape index (κ3) is 4.46. The molecule has 1 saturated carbocycles. The second kappa shape index (κ2) is 8.63. The van der Waals surface area contributed by atoms with Crippen molar-refractivity contribution >= 4 is 11.7 Å². The van der Waals surface area contributed by atoms with E-state index in [1.165, 1.54) is 19.3 Å². The molecule has 0 bridgehead atoms. The van der Waals surface area contributed by atoms with Crippen LogP contribution >= 0.6 is 0 Å². The molecule has 1 saturated heterocycles. The summed E-state index contributed by atoms with van der Waals surface area (Å²) in [5.74, 6) is 1.58. The van der Waals surface area contributed by atoms with E-state index < -0.39 is 0 Å². The second-order valence-electron chi connectivity index (χ2n) is 7.83. The van der Waals surface area contributed by atoms with E-state index in [1.807, 2.05) is 24.0 Å². The van der Waals surface area contributed by atoms with Crippen LogP contribution in [0.1, 0.15) is 55.3 Å². The quantitative estimate of drug-likeness (QED) is 0.859. The van der Waals surface area contributed by atoms with Gasteiger partial charge >= 0.3 is 0 Å². The molecule has 2 aromatic rings. The molecule has 1 amide bonds. The zero-order chi connectivity index (χ0) is 19.3. The Morgan fingerprint density at radius 1 is 1.14 bits per heavy atom. The average Bonchev–Trinajstić information content (AvgIpc) is 3.15. The summed E-state index contributed by atoms with van der Waals surface area (Å²) in [7, 11) is 1.95. The maximum absolute atomic E-state index is 12.8. The number of amides is 1. The highest BCUT2D eigenvalue weighted by Crippen LogP contribution is 2.23. The van der Waals surface area contributed by atoms with E-state index in [1.54, 1.807) is 18.3 Å². The van der Waals surface area contributed by atoms with Crippen LogP contribution < -0.4 is 15.0 Å². The molecule has 1 N–H and O–H groups in total. The van der Waals surface area contributed by atoms with Crippen LogP contribution in [0.15, 0.2) is 30.6 Å². The van der Waals surface area contributed by atoms with E-state index in [0.717, 1.165) is 44.6 Å². The molecule has 2 aromatic heterocycles. The number of aryl methyl sites for hydroxylation is 1. The number of rotatable bonds is 5. The smallest absolute Gasteiger partial charge is 0.251 e. The standard InChI is InChI=1S/C21H29N5O2/c1-25-20(10-12-23-25)26-13-5-6-17(15-26)24-21(27)16-9-11-22-19(14-16)28-18-7-3-2-4-8-18/h9-12,14,17-18H,2-8,13,15H2,1H3,(H,24,27). The fourth-order valence-electron chi connectivity index (χ4n) is 4.22. The van der Waals surface area contributed by atoms with Crippen molar-refractivity contribution in [2.45, 2.75) is 57.1 Å². The van der Waals surface area contributed by atoms with Crippen LogP contribution in [0, 0.1) is 0 Å². The number of piperidine rings is 1. The molecule has 7 heteroatoms. The van der Waals surface area contributed by atoms with Gasteiger partial charge in [0, 0.05) is 50.1 Å². The molecule has 1 aliphatic heterocycles. The summed E-state index contributed by atoms with van der Waals surface area (Å²) in [5.41, 5.74) is 0.610. The Hall–Kier alpha value is -2.57. The van der Waals surface area contributed by atoms with Gasteiger partial charge in [-0.25, -0.2) is 4.98 Å². The summed E-state index contributed by atoms with van der Waals surface area (Å²) in [6.07, 6.45) is 11.6. The van der Waals surface area contributed by atoms with Crippen molar-refractivity contribution in [1.82, 2.24) is 20.1 Å². The molecule has 1 unspecified atom stereocenters. The third-order valence-corrected chi connectivity index (χ3v) is 5.71. The Labute approximate surface area is 166 Å². The first-order valence-electron chi connectivity index (χ1n) is 10.4. The van der Waals surface area contributed by atoms with Crippen molar-refractivity contribution in [2.24, 2.45) is 7.05 Å². The third-order valence-electron chi connectivity index (χ3n) is 5.71. The molecule has 1 atom stereocenters. The van der Waals surface area contributed by atoms with Gasteiger partial charge in [0.25, 0.3) is 5.91 Å². The molecular formula is C21H29N5O2. The predicted molar refractivity (Wildman–Crippen MR) is 108 cm³/mol. The number of nitrogens with one attached hydrogen (secondary N) is 1. The number of carbonyl (C=O) groups is 1. The van der Waals surface area contributed by atoms with Crippen LogP contribution in [0.4, 0.5) is 5.82 Å². The zero-order valence-electron chi connectivity index (χ0n) is 16.5. The molecule has 150 valence electrons. The summed E-state index contributed by atoms with van der Waals surface area (Å²) in [5, 5.41) is 7.43. The van der Waals surface area contributed by atoms with Crippen molar-refractivity contribution in [3.8, 4) is 5.88 Å². The van der Waals surface area contributed by atoms with Crippen LogP contribution in [-0.2, 0) is 7.05 Å². The fraction of sp³-hybridized carbons (Fsp3) is 0.571. The molecule has 2 aliphatic rings. The number of nitrogens with zero attached hydrogens (tertiary/aromatic N) is 4. The van der Waals surface area contributed by atoms with E-state index in [0.29, 0.717) is 11.4 Å². The first-order valence-corrected chi connectivity index (χ1v) is 10.4. The summed E-state index contributed by atoms with van der Waals surface area (Å²) in [6, 6.07) is 5.66. The lowest BCUT2D eigenvalue weighted by molar-refractivity contribution is 0.0931. The van der Waals surface area contributed by atoms with Crippen LogP contribution in [0.3, 0.4) is 0 Å². The highest BCUT2D eigenvalue weighted by Gasteiger charge is 2.24. The molecule has 1 aliphatic carbocycles. The van der Waals surface area contributed by atoms with Gasteiger partial charge in [0.15, 0.2) is 0 Å². The van der Waals surface area contributed by atoms with E-state index >= 15 is 0 Å². The van der Waals surface area contributed by atoms with Gasteiger partial charge in [-0.1, -0.05) is 6.42 Å². The molecular weight excluding hydrogens is 354 g/mol. The molecule has 0 aromatic carbocycles. The van der Waals surface area contributed by atoms with E-state index in [-0.39, 0.29) is 18.1 Å². The highest BCUT2D eigenvalue weighted by molar-refractivity contribution is 5.94. The van der Waals surface area contributed by atoms with Crippen molar-refractivity contribution in [2.75, 3.05) is 18.0 Å². The number of pyridine rings is 1. The largest absolute Gasteiger partial charge is 0.474 e. The maximum atomic E-state index is 12.8. The summed E-state index contributed by atoms with van der Waals surface area (Å²) >= 11 is 0. The van der Waals surface area contributed by atoms with Crippen molar-refractivity contribution in [1.29, 1.82) is 0 Å². The first kappa shape index (κ1) is 18.8. The fourth-order valence-corrected chi connectivity index (χ4v) is 4.22. The molecule has 0 spiro atoms. The SMILES string of the molecule is Cn1nccc1N1CCCC(NC(=O)c2ccnc(OC3CCCCC3)c2)C1. The van der Waals surface area contributed by atoms with Crippen LogP contribution in [0.5, 0.6) is 5.88 Å². The Bertz CT molecular complexity index is 800. The molecule has 0 radical (unpaired) electrons. The van der Waals surface area contributed by atoms with Gasteiger partial charge in [0.1, 0.15) is 11.9 Å². The number of carbonyl (C=O) groups excluding carboxylic acids is 1. The lowest BCUT2D eigenvalue weighted by Crippen LogP contribution is -2.48. The van der Waals surface area contributed by atoms with Crippen LogP contribution in [-0.4, -0.2) is 45.9 Å². The Balaban J connectivity index is 1.36. The van der Waals surface area contributed by atoms with E-state index in [4.69, 9.17) is 4.74 Å². The van der Waals surface area contributed by atoms with Gasteiger partial charge in [0.2, 0.25) is 5.88 Å². The average molecular weight is 383 g/mol. The first-order chi connectivity index (χ1) is 13.7. The lowest BCUT2D eigenvalue weighted by atomic mass is 9.98. The minimum atomic E-state index is -0.0623. The normalized spacial score (nSPS) is 20.8. The summed E-state index contributed by atoms with van der Waals surface area (Å²) < 4.78 is 7.88. The lowest BCUT2D eigenvalue weighted by Gasteiger charge is -2.34. The van der Waals surface area contributed by atoms with Gasteiger partial charge in [-0.05, 0) is 44.6 Å². The van der Waals surface area contributed by atoms with Crippen molar-refractivity contribution in [3.05, 3.63) is 36.2 Å². The number of ether oxygens (including phenoxy) is 1. The molecule has 28 heavy (non-hydrogen) atoms. The minimum Gasteiger partial charge on any atom is -0.474 e. The van der Waals surface area contributed by atoms with E-state index in [9.17, 15) is 4.79 Å². The van der Waals surface area contributed by atoms with Gasteiger partial charge < -0.3 is 15.0 Å². The number of anilines is 1. The van der Waals surface area contributed by atoms with Gasteiger partial charge in [-0.2, -0.15) is 5.10 Å². The Morgan fingerprint density at radius 2 is 2.00 bits per heavy atom. The molecule has 7 nitrogen and oxygen atoms in total. The maximum Gasteiger partial charge on any atom is 0.251 e. The number of aromatic nitrogens is 3.